The van der Waals surface area contributed by atoms with Crippen LogP contribution in [0, 0.1) is 5.92 Å². The topological polar surface area (TPSA) is 15.3 Å². The summed E-state index contributed by atoms with van der Waals surface area (Å²) in [5.74, 6) is 0.705. The van der Waals surface area contributed by atoms with Gasteiger partial charge in [0.25, 0.3) is 0 Å². The van der Waals surface area contributed by atoms with Crippen molar-refractivity contribution in [1.82, 2.24) is 10.2 Å². The fraction of sp³-hybridized carbons (Fsp3) is 1.00. The van der Waals surface area contributed by atoms with Crippen LogP contribution in [-0.4, -0.2) is 37.6 Å². The third kappa shape index (κ3) is 4.97. The van der Waals surface area contributed by atoms with Crippen LogP contribution >= 0.6 is 0 Å². The minimum absolute atomic E-state index is 0.610. The van der Waals surface area contributed by atoms with Crippen molar-refractivity contribution < 1.29 is 0 Å². The molecule has 0 heterocycles. The number of rotatable bonds is 7. The maximum Gasteiger partial charge on any atom is 0.0214 e. The van der Waals surface area contributed by atoms with E-state index in [-0.39, 0.29) is 0 Å². The van der Waals surface area contributed by atoms with Gasteiger partial charge in [-0.3, -0.25) is 0 Å². The van der Waals surface area contributed by atoms with Gasteiger partial charge < -0.3 is 10.2 Å². The molecule has 2 heteroatoms. The number of hydrogen-bond donors (Lipinski definition) is 1. The molecule has 0 saturated heterocycles. The fourth-order valence-electron chi connectivity index (χ4n) is 1.76. The summed E-state index contributed by atoms with van der Waals surface area (Å²) in [5.41, 5.74) is 0. The second-order valence-corrected chi connectivity index (χ2v) is 4.72. The fourth-order valence-corrected chi connectivity index (χ4v) is 1.76. The predicted octanol–water partition coefficient (Wildman–Crippen LogP) is 2.35. The van der Waals surface area contributed by atoms with Crippen molar-refractivity contribution in [2.75, 3.05) is 20.6 Å². The van der Waals surface area contributed by atoms with E-state index in [1.54, 1.807) is 0 Å². The molecule has 0 aliphatic heterocycles. The lowest BCUT2D eigenvalue weighted by atomic mass is 10.0. The van der Waals surface area contributed by atoms with Gasteiger partial charge in [0.2, 0.25) is 0 Å². The van der Waals surface area contributed by atoms with Crippen molar-refractivity contribution in [2.24, 2.45) is 5.92 Å². The maximum absolute atomic E-state index is 3.39. The normalized spacial score (nSPS) is 16.3. The summed E-state index contributed by atoms with van der Waals surface area (Å²) in [5, 5.41) is 3.39. The van der Waals surface area contributed by atoms with Crippen LogP contribution in [0.25, 0.3) is 0 Å². The van der Waals surface area contributed by atoms with Gasteiger partial charge in [0, 0.05) is 18.6 Å². The highest BCUT2D eigenvalue weighted by Gasteiger charge is 2.16. The van der Waals surface area contributed by atoms with Crippen molar-refractivity contribution in [3.63, 3.8) is 0 Å². The second-order valence-electron chi connectivity index (χ2n) is 4.72. The van der Waals surface area contributed by atoms with E-state index in [1.165, 1.54) is 12.8 Å². The van der Waals surface area contributed by atoms with E-state index >= 15 is 0 Å². The zero-order chi connectivity index (χ0) is 11.1. The van der Waals surface area contributed by atoms with E-state index in [4.69, 9.17) is 0 Å². The van der Waals surface area contributed by atoms with Gasteiger partial charge in [-0.1, -0.05) is 27.2 Å². The molecule has 2 unspecified atom stereocenters. The third-order valence-corrected chi connectivity index (χ3v) is 3.12. The molecule has 86 valence electrons. The van der Waals surface area contributed by atoms with Crippen molar-refractivity contribution in [1.29, 1.82) is 0 Å². The lowest BCUT2D eigenvalue weighted by molar-refractivity contribution is 0.203. The van der Waals surface area contributed by atoms with Crippen molar-refractivity contribution in [3.05, 3.63) is 0 Å². The summed E-state index contributed by atoms with van der Waals surface area (Å²) in [7, 11) is 4.29. The molecule has 2 nitrogen and oxygen atoms in total. The van der Waals surface area contributed by atoms with Crippen LogP contribution in [0.2, 0.25) is 0 Å². The Kier molecular flexibility index (Phi) is 7.20. The molecule has 0 fully saturated rings. The van der Waals surface area contributed by atoms with Crippen LogP contribution in [0.15, 0.2) is 0 Å². The number of nitrogens with one attached hydrogen (secondary N) is 1. The Bertz CT molecular complexity index is 134. The summed E-state index contributed by atoms with van der Waals surface area (Å²) in [6.07, 6.45) is 2.57. The van der Waals surface area contributed by atoms with Gasteiger partial charge >= 0.3 is 0 Å². The van der Waals surface area contributed by atoms with E-state index in [1.807, 2.05) is 0 Å². The highest BCUT2D eigenvalue weighted by Crippen LogP contribution is 2.08. The van der Waals surface area contributed by atoms with Crippen LogP contribution in [0.3, 0.4) is 0 Å². The summed E-state index contributed by atoms with van der Waals surface area (Å²) in [6, 6.07) is 1.31. The SMILES string of the molecule is CCCC(C)N(C)CC(NC)C(C)C. The molecule has 0 rings (SSSR count). The predicted molar refractivity (Wildman–Crippen MR) is 64.7 cm³/mol. The zero-order valence-corrected chi connectivity index (χ0v) is 10.8. The quantitative estimate of drug-likeness (QED) is 0.678. The van der Waals surface area contributed by atoms with E-state index in [0.717, 1.165) is 6.54 Å². The zero-order valence-electron chi connectivity index (χ0n) is 10.8. The lowest BCUT2D eigenvalue weighted by Crippen LogP contribution is -2.44. The molecule has 0 amide bonds. The molecule has 0 aromatic rings. The van der Waals surface area contributed by atoms with Crippen LogP contribution in [0.5, 0.6) is 0 Å². The van der Waals surface area contributed by atoms with Crippen LogP contribution in [0.4, 0.5) is 0 Å². The van der Waals surface area contributed by atoms with Gasteiger partial charge in [-0.05, 0) is 33.4 Å². The molecule has 0 saturated carbocycles. The first-order chi connectivity index (χ1) is 6.52. The molecular weight excluding hydrogens is 172 g/mol. The molecule has 0 radical (unpaired) electrons. The van der Waals surface area contributed by atoms with Gasteiger partial charge in [0.05, 0.1) is 0 Å². The van der Waals surface area contributed by atoms with E-state index < -0.39 is 0 Å². The van der Waals surface area contributed by atoms with E-state index in [0.29, 0.717) is 18.0 Å². The van der Waals surface area contributed by atoms with Gasteiger partial charge in [0.1, 0.15) is 0 Å². The van der Waals surface area contributed by atoms with Crippen molar-refractivity contribution in [3.8, 4) is 0 Å². The largest absolute Gasteiger partial charge is 0.315 e. The number of hydrogen-bond acceptors (Lipinski definition) is 2. The minimum Gasteiger partial charge on any atom is -0.315 e. The van der Waals surface area contributed by atoms with Crippen molar-refractivity contribution in [2.45, 2.75) is 52.6 Å². The Balaban J connectivity index is 3.94. The van der Waals surface area contributed by atoms with Crippen LogP contribution < -0.4 is 5.32 Å². The smallest absolute Gasteiger partial charge is 0.0214 e. The standard InChI is InChI=1S/C12H28N2/c1-7-8-11(4)14(6)9-12(13-5)10(2)3/h10-13H,7-9H2,1-6H3. The first kappa shape index (κ1) is 13.9. The molecule has 14 heavy (non-hydrogen) atoms. The molecular formula is C12H28N2. The van der Waals surface area contributed by atoms with Gasteiger partial charge in [-0.2, -0.15) is 0 Å². The van der Waals surface area contributed by atoms with E-state index in [9.17, 15) is 0 Å². The Labute approximate surface area is 90.1 Å². The minimum atomic E-state index is 0.610. The Morgan fingerprint density at radius 2 is 1.79 bits per heavy atom. The molecule has 0 aliphatic rings. The average Bonchev–Trinajstić information content (AvgIpc) is 2.13. The molecule has 0 bridgehead atoms. The van der Waals surface area contributed by atoms with Gasteiger partial charge in [-0.25, -0.2) is 0 Å². The number of likely N-dealkylation sites (N-methyl/N-ethyl adjacent to an activating group) is 2. The van der Waals surface area contributed by atoms with E-state index in [2.05, 4.69) is 52.0 Å². The highest BCUT2D eigenvalue weighted by atomic mass is 15.1. The summed E-state index contributed by atoms with van der Waals surface area (Å²) in [4.78, 5) is 2.46. The van der Waals surface area contributed by atoms with Crippen LogP contribution in [0.1, 0.15) is 40.5 Å². The van der Waals surface area contributed by atoms with Gasteiger partial charge in [-0.15, -0.1) is 0 Å². The van der Waals surface area contributed by atoms with Crippen molar-refractivity contribution >= 4 is 0 Å². The van der Waals surface area contributed by atoms with Gasteiger partial charge in [0.15, 0.2) is 0 Å². The molecule has 2 atom stereocenters. The first-order valence-electron chi connectivity index (χ1n) is 5.90. The molecule has 0 spiro atoms. The first-order valence-corrected chi connectivity index (χ1v) is 5.90. The summed E-state index contributed by atoms with van der Waals surface area (Å²) in [6.45, 7) is 10.3. The highest BCUT2D eigenvalue weighted by molar-refractivity contribution is 4.74. The Morgan fingerprint density at radius 1 is 1.21 bits per heavy atom. The number of nitrogens with zero attached hydrogens (tertiary/aromatic N) is 1. The Hall–Kier alpha value is -0.0800. The molecule has 0 aliphatic carbocycles. The van der Waals surface area contributed by atoms with Crippen LogP contribution in [-0.2, 0) is 0 Å². The monoisotopic (exact) mass is 200 g/mol. The lowest BCUT2D eigenvalue weighted by Gasteiger charge is -2.30. The maximum atomic E-state index is 3.39. The summed E-state index contributed by atoms with van der Waals surface area (Å²) < 4.78 is 0. The third-order valence-electron chi connectivity index (χ3n) is 3.12. The average molecular weight is 200 g/mol. The summed E-state index contributed by atoms with van der Waals surface area (Å²) >= 11 is 0. The second kappa shape index (κ2) is 7.24. The molecule has 1 N–H and O–H groups in total. The Morgan fingerprint density at radius 3 is 2.14 bits per heavy atom. The molecule has 0 aromatic carbocycles. The molecule has 0 aromatic heterocycles.